The summed E-state index contributed by atoms with van der Waals surface area (Å²) in [6.45, 7) is 1.99. The number of benzene rings is 3. The maximum atomic E-state index is 6.55. The third-order valence-electron chi connectivity index (χ3n) is 7.79. The molecule has 0 amide bonds. The van der Waals surface area contributed by atoms with E-state index in [2.05, 4.69) is 0 Å². The minimum atomic E-state index is -0.339. The number of hydrogen-bond acceptors (Lipinski definition) is 8. The van der Waals surface area contributed by atoms with Crippen LogP contribution in [0.5, 0.6) is 23.3 Å². The van der Waals surface area contributed by atoms with Crippen molar-refractivity contribution < 1.29 is 14.2 Å². The molecule has 5 heterocycles. The van der Waals surface area contributed by atoms with E-state index >= 15 is 0 Å². The fourth-order valence-electron chi connectivity index (χ4n) is 5.79. The van der Waals surface area contributed by atoms with Crippen LogP contribution in [0.25, 0.3) is 33.8 Å². The lowest BCUT2D eigenvalue weighted by atomic mass is 9.84. The molecule has 10 heteroatoms. The highest BCUT2D eigenvalue weighted by Crippen LogP contribution is 2.50. The minimum Gasteiger partial charge on any atom is -0.493 e. The molecule has 0 spiro atoms. The van der Waals surface area contributed by atoms with E-state index < -0.39 is 0 Å². The van der Waals surface area contributed by atoms with E-state index in [1.165, 1.54) is 0 Å². The van der Waals surface area contributed by atoms with Crippen LogP contribution < -0.4 is 14.2 Å². The van der Waals surface area contributed by atoms with E-state index in [1.54, 1.807) is 25.1 Å². The van der Waals surface area contributed by atoms with Crippen molar-refractivity contribution in [2.45, 2.75) is 12.8 Å². The standard InChI is InChI=1S/C33H25N7O3/c1-19-27-28(21-14-16-25(41-2)26(17-21)42-3)29-31-36-30(24-15-13-20-9-7-8-12-23(20)35-24)38-39(31)18-34-32(29)43-33(27)40(37-19)22-10-5-4-6-11-22/h4-18,28H,1-3H3. The highest BCUT2D eigenvalue weighted by molar-refractivity contribution is 5.81. The number of ether oxygens (including phenoxy) is 3. The zero-order valence-electron chi connectivity index (χ0n) is 23.6. The lowest BCUT2D eigenvalue weighted by molar-refractivity contribution is 0.354. The van der Waals surface area contributed by atoms with Crippen LogP contribution in [-0.2, 0) is 0 Å². The number of aryl methyl sites for hydroxylation is 1. The minimum absolute atomic E-state index is 0.339. The summed E-state index contributed by atoms with van der Waals surface area (Å²) in [6, 6.07) is 27.8. The molecule has 3 aromatic carbocycles. The van der Waals surface area contributed by atoms with Crippen molar-refractivity contribution in [3.63, 3.8) is 0 Å². The molecular weight excluding hydrogens is 542 g/mol. The molecular formula is C33H25N7O3. The zero-order chi connectivity index (χ0) is 29.1. The molecule has 0 radical (unpaired) electrons. The summed E-state index contributed by atoms with van der Waals surface area (Å²) < 4.78 is 21.3. The van der Waals surface area contributed by atoms with Gasteiger partial charge in [0.15, 0.2) is 17.1 Å². The predicted octanol–water partition coefficient (Wildman–Crippen LogP) is 6.14. The van der Waals surface area contributed by atoms with Gasteiger partial charge < -0.3 is 14.2 Å². The summed E-state index contributed by atoms with van der Waals surface area (Å²) in [5.74, 6) is 2.44. The molecule has 8 rings (SSSR count). The highest BCUT2D eigenvalue weighted by atomic mass is 16.5. The lowest BCUT2D eigenvalue weighted by Gasteiger charge is -2.26. The van der Waals surface area contributed by atoms with Gasteiger partial charge in [-0.15, -0.1) is 5.10 Å². The van der Waals surface area contributed by atoms with Gasteiger partial charge in [0.2, 0.25) is 17.6 Å². The maximum Gasteiger partial charge on any atom is 0.230 e. The third kappa shape index (κ3) is 3.91. The first kappa shape index (κ1) is 25.0. The van der Waals surface area contributed by atoms with Gasteiger partial charge in [-0.3, -0.25) is 0 Å². The first-order chi connectivity index (χ1) is 21.1. The second-order valence-electron chi connectivity index (χ2n) is 10.3. The van der Waals surface area contributed by atoms with E-state index in [-0.39, 0.29) is 5.92 Å². The Morgan fingerprint density at radius 2 is 1.60 bits per heavy atom. The van der Waals surface area contributed by atoms with Gasteiger partial charge in [-0.25, -0.2) is 24.1 Å². The van der Waals surface area contributed by atoms with Crippen LogP contribution in [0.1, 0.15) is 28.3 Å². The van der Waals surface area contributed by atoms with Gasteiger partial charge in [0.25, 0.3) is 0 Å². The van der Waals surface area contributed by atoms with Crippen molar-refractivity contribution in [2.75, 3.05) is 14.2 Å². The van der Waals surface area contributed by atoms with Crippen molar-refractivity contribution in [2.24, 2.45) is 0 Å². The highest BCUT2D eigenvalue weighted by Gasteiger charge is 2.38. The SMILES string of the molecule is COc1ccc(C2c3c(C)nn(-c4ccccc4)c3Oc3ncn4nc(-c5ccc6ccccc6n5)nc4c32)cc1OC. The summed E-state index contributed by atoms with van der Waals surface area (Å²) in [6.07, 6.45) is 1.62. The second kappa shape index (κ2) is 9.66. The Labute approximate surface area is 246 Å². The number of nitrogens with zero attached hydrogens (tertiary/aromatic N) is 7. The van der Waals surface area contributed by atoms with Crippen molar-refractivity contribution in [3.8, 4) is 40.5 Å². The Bertz CT molecular complexity index is 2170. The smallest absolute Gasteiger partial charge is 0.230 e. The molecule has 43 heavy (non-hydrogen) atoms. The average molecular weight is 568 g/mol. The van der Waals surface area contributed by atoms with Crippen LogP contribution in [0.2, 0.25) is 0 Å². The molecule has 10 nitrogen and oxygen atoms in total. The fraction of sp³-hybridized carbons (Fsp3) is 0.121. The van der Waals surface area contributed by atoms with Gasteiger partial charge >= 0.3 is 0 Å². The monoisotopic (exact) mass is 567 g/mol. The molecule has 1 aliphatic heterocycles. The predicted molar refractivity (Wildman–Crippen MR) is 160 cm³/mol. The summed E-state index contributed by atoms with van der Waals surface area (Å²) in [5, 5.41) is 10.7. The average Bonchev–Trinajstić information content (AvgIpc) is 3.65. The number of methoxy groups -OCH3 is 2. The van der Waals surface area contributed by atoms with E-state index in [0.717, 1.165) is 39.0 Å². The summed E-state index contributed by atoms with van der Waals surface area (Å²) >= 11 is 0. The molecule has 1 unspecified atom stereocenters. The molecule has 0 N–H and O–H groups in total. The summed E-state index contributed by atoms with van der Waals surface area (Å²) in [5.41, 5.74) is 6.50. The van der Waals surface area contributed by atoms with E-state index in [1.807, 2.05) is 96.5 Å². The summed E-state index contributed by atoms with van der Waals surface area (Å²) in [4.78, 5) is 14.6. The topological polar surface area (TPSA) is 101 Å². The van der Waals surface area contributed by atoms with Crippen LogP contribution in [-0.4, -0.2) is 48.6 Å². The molecule has 4 aromatic heterocycles. The van der Waals surface area contributed by atoms with Gasteiger partial charge in [-0.2, -0.15) is 5.10 Å². The Morgan fingerprint density at radius 3 is 2.44 bits per heavy atom. The number of hydrogen-bond donors (Lipinski definition) is 0. The normalized spacial score (nSPS) is 13.9. The van der Waals surface area contributed by atoms with Gasteiger partial charge in [-0.1, -0.05) is 48.5 Å². The largest absolute Gasteiger partial charge is 0.493 e. The van der Waals surface area contributed by atoms with Crippen LogP contribution in [0, 0.1) is 6.92 Å². The second-order valence-corrected chi connectivity index (χ2v) is 10.3. The molecule has 0 saturated heterocycles. The van der Waals surface area contributed by atoms with Crippen molar-refractivity contribution in [1.29, 1.82) is 0 Å². The van der Waals surface area contributed by atoms with Gasteiger partial charge in [-0.05, 0) is 48.9 Å². The number of para-hydroxylation sites is 2. The van der Waals surface area contributed by atoms with Crippen LogP contribution in [0.4, 0.5) is 0 Å². The van der Waals surface area contributed by atoms with Gasteiger partial charge in [0.05, 0.1) is 48.2 Å². The quantitative estimate of drug-likeness (QED) is 0.245. The van der Waals surface area contributed by atoms with Gasteiger partial charge in [0, 0.05) is 5.39 Å². The van der Waals surface area contributed by atoms with Crippen molar-refractivity contribution in [1.82, 2.24) is 34.3 Å². The maximum absolute atomic E-state index is 6.55. The van der Waals surface area contributed by atoms with E-state index in [4.69, 9.17) is 39.4 Å². The fourth-order valence-corrected chi connectivity index (χ4v) is 5.79. The Morgan fingerprint density at radius 1 is 0.791 bits per heavy atom. The third-order valence-corrected chi connectivity index (χ3v) is 7.79. The van der Waals surface area contributed by atoms with Crippen LogP contribution in [0.3, 0.4) is 0 Å². The number of aromatic nitrogens is 7. The Kier molecular flexibility index (Phi) is 5.61. The number of pyridine rings is 1. The molecule has 210 valence electrons. The van der Waals surface area contributed by atoms with Crippen molar-refractivity contribution >= 4 is 16.6 Å². The van der Waals surface area contributed by atoms with E-state index in [9.17, 15) is 0 Å². The van der Waals surface area contributed by atoms with Crippen LogP contribution >= 0.6 is 0 Å². The molecule has 0 aliphatic carbocycles. The lowest BCUT2D eigenvalue weighted by Crippen LogP contribution is -2.16. The van der Waals surface area contributed by atoms with Gasteiger partial charge in [0.1, 0.15) is 12.0 Å². The first-order valence-electron chi connectivity index (χ1n) is 13.8. The Hall–Kier alpha value is -5.77. The summed E-state index contributed by atoms with van der Waals surface area (Å²) in [7, 11) is 3.25. The van der Waals surface area contributed by atoms with Crippen molar-refractivity contribution in [3.05, 3.63) is 114 Å². The molecule has 1 atom stereocenters. The molecule has 1 aliphatic rings. The van der Waals surface area contributed by atoms with E-state index in [0.29, 0.717) is 40.4 Å². The first-order valence-corrected chi connectivity index (χ1v) is 13.8. The molecule has 0 saturated carbocycles. The number of rotatable bonds is 5. The van der Waals surface area contributed by atoms with Crippen LogP contribution in [0.15, 0.2) is 91.3 Å². The molecule has 0 fully saturated rings. The zero-order valence-corrected chi connectivity index (χ0v) is 23.6. The Balaban J connectivity index is 1.37. The molecule has 7 aromatic rings. The molecule has 0 bridgehead atoms. The number of fused-ring (bicyclic) bond motifs is 5.